The van der Waals surface area contributed by atoms with Crippen molar-refractivity contribution in [3.05, 3.63) is 77.1 Å². The second-order valence-electron chi connectivity index (χ2n) is 6.90. The molecular weight excluding hydrogens is 328 g/mol. The number of hydrogen-bond donors (Lipinski definition) is 1. The number of nitrogens with zero attached hydrogens (tertiary/aromatic N) is 2. The zero-order valence-electron chi connectivity index (χ0n) is 14.8. The fourth-order valence-corrected chi connectivity index (χ4v) is 3.24. The Kier molecular flexibility index (Phi) is 5.24. The normalized spacial score (nSPS) is 22.5. The quantitative estimate of drug-likeness (QED) is 0.832. The van der Waals surface area contributed by atoms with Gasteiger partial charge < -0.3 is 14.7 Å². The van der Waals surface area contributed by atoms with Crippen molar-refractivity contribution in [1.29, 1.82) is 0 Å². The Morgan fingerprint density at radius 1 is 1.27 bits per heavy atom. The van der Waals surface area contributed by atoms with Gasteiger partial charge in [-0.1, -0.05) is 54.6 Å². The monoisotopic (exact) mass is 350 g/mol. The van der Waals surface area contributed by atoms with E-state index in [1.165, 1.54) is 0 Å². The van der Waals surface area contributed by atoms with Gasteiger partial charge >= 0.3 is 6.09 Å². The van der Waals surface area contributed by atoms with E-state index in [0.29, 0.717) is 25.1 Å². The number of ether oxygens (including phenoxy) is 1. The summed E-state index contributed by atoms with van der Waals surface area (Å²) in [6.07, 6.45) is 0.554. The molecule has 1 fully saturated rings. The van der Waals surface area contributed by atoms with Gasteiger partial charge in [-0.2, -0.15) is 0 Å². The van der Waals surface area contributed by atoms with Gasteiger partial charge in [0.2, 0.25) is 0 Å². The summed E-state index contributed by atoms with van der Waals surface area (Å²) in [6, 6.07) is 16.4. The van der Waals surface area contributed by atoms with Crippen molar-refractivity contribution >= 4 is 11.8 Å². The molecule has 3 rings (SSSR count). The first-order valence-electron chi connectivity index (χ1n) is 8.66. The highest BCUT2D eigenvalue weighted by molar-refractivity contribution is 5.68. The molecule has 1 aliphatic heterocycles. The number of hydrogen-bond acceptors (Lipinski definition) is 3. The van der Waals surface area contributed by atoms with Crippen LogP contribution < -0.4 is 0 Å². The van der Waals surface area contributed by atoms with E-state index in [1.807, 2.05) is 42.5 Å². The highest BCUT2D eigenvalue weighted by atomic mass is 16.6. The maximum absolute atomic E-state index is 12.7. The molecule has 1 amide bonds. The number of aliphatic hydroxyl groups is 1. The number of rotatable bonds is 3. The molecule has 26 heavy (non-hydrogen) atoms. The topological polar surface area (TPSA) is 54.1 Å². The Hall–Kier alpha value is -2.84. The van der Waals surface area contributed by atoms with E-state index >= 15 is 0 Å². The summed E-state index contributed by atoms with van der Waals surface area (Å²) in [5.74, 6) is 0. The van der Waals surface area contributed by atoms with Crippen LogP contribution in [0.5, 0.6) is 0 Å². The number of likely N-dealkylation sites (tertiary alicyclic amines) is 1. The van der Waals surface area contributed by atoms with Crippen LogP contribution in [0.3, 0.4) is 0 Å². The number of benzene rings is 2. The maximum atomic E-state index is 12.7. The van der Waals surface area contributed by atoms with E-state index in [4.69, 9.17) is 11.3 Å². The SMILES string of the molecule is [C-]#[N+]c1ccc(C2CC(C)(O)CCN2C(=O)OCc2ccccc2)cc1. The zero-order valence-corrected chi connectivity index (χ0v) is 14.8. The van der Waals surface area contributed by atoms with E-state index < -0.39 is 5.60 Å². The predicted octanol–water partition coefficient (Wildman–Crippen LogP) is 4.46. The third kappa shape index (κ3) is 4.22. The van der Waals surface area contributed by atoms with Crippen LogP contribution in [-0.2, 0) is 11.3 Å². The van der Waals surface area contributed by atoms with Crippen molar-refractivity contribution in [2.24, 2.45) is 0 Å². The number of carbonyl (C=O) groups is 1. The average molecular weight is 350 g/mol. The molecule has 1 saturated heterocycles. The molecule has 1 N–H and O–H groups in total. The highest BCUT2D eigenvalue weighted by Gasteiger charge is 2.38. The zero-order chi connectivity index (χ0) is 18.6. The lowest BCUT2D eigenvalue weighted by molar-refractivity contribution is -0.0330. The second-order valence-corrected chi connectivity index (χ2v) is 6.90. The second kappa shape index (κ2) is 7.59. The molecule has 0 spiro atoms. The number of piperidine rings is 1. The van der Waals surface area contributed by atoms with Crippen molar-refractivity contribution in [2.45, 2.75) is 38.0 Å². The first-order chi connectivity index (χ1) is 12.5. The van der Waals surface area contributed by atoms with Crippen molar-refractivity contribution in [2.75, 3.05) is 6.54 Å². The lowest BCUT2D eigenvalue weighted by atomic mass is 9.85. The number of amides is 1. The lowest BCUT2D eigenvalue weighted by Gasteiger charge is -2.42. The molecule has 0 aromatic heterocycles. The minimum atomic E-state index is -0.834. The smallest absolute Gasteiger partial charge is 0.410 e. The van der Waals surface area contributed by atoms with E-state index in [2.05, 4.69) is 4.85 Å². The summed E-state index contributed by atoms with van der Waals surface area (Å²) in [5, 5.41) is 10.5. The van der Waals surface area contributed by atoms with Gasteiger partial charge in [0.05, 0.1) is 18.2 Å². The lowest BCUT2D eigenvalue weighted by Crippen LogP contribution is -2.47. The van der Waals surface area contributed by atoms with E-state index in [0.717, 1.165) is 11.1 Å². The molecule has 0 bridgehead atoms. The Balaban J connectivity index is 1.76. The van der Waals surface area contributed by atoms with Crippen LogP contribution in [0.4, 0.5) is 10.5 Å². The first kappa shape index (κ1) is 18.0. The van der Waals surface area contributed by atoms with Gasteiger partial charge in [-0.3, -0.25) is 0 Å². The molecule has 1 aliphatic rings. The van der Waals surface area contributed by atoms with Crippen molar-refractivity contribution in [3.63, 3.8) is 0 Å². The van der Waals surface area contributed by atoms with E-state index in [1.54, 1.807) is 24.0 Å². The number of carbonyl (C=O) groups excluding carboxylic acids is 1. The largest absolute Gasteiger partial charge is 0.445 e. The standard InChI is InChI=1S/C21H22N2O3/c1-21(25)12-13-23(20(24)26-15-16-6-4-3-5-7-16)19(14-21)17-8-10-18(22-2)11-9-17/h3-11,19,25H,12-15H2,1H3. The predicted molar refractivity (Wildman–Crippen MR) is 98.6 cm³/mol. The highest BCUT2D eigenvalue weighted by Crippen LogP contribution is 2.37. The molecule has 134 valence electrons. The van der Waals surface area contributed by atoms with Crippen LogP contribution in [0, 0.1) is 6.57 Å². The van der Waals surface area contributed by atoms with Gasteiger partial charge in [0, 0.05) is 13.0 Å². The fraction of sp³-hybridized carbons (Fsp3) is 0.333. The van der Waals surface area contributed by atoms with Crippen LogP contribution in [0.2, 0.25) is 0 Å². The van der Waals surface area contributed by atoms with Crippen LogP contribution in [0.15, 0.2) is 54.6 Å². The fourth-order valence-electron chi connectivity index (χ4n) is 3.24. The molecule has 2 atom stereocenters. The van der Waals surface area contributed by atoms with Gasteiger partial charge in [0.1, 0.15) is 6.61 Å². The van der Waals surface area contributed by atoms with Crippen molar-refractivity contribution < 1.29 is 14.6 Å². The Bertz CT molecular complexity index is 794. The summed E-state index contributed by atoms with van der Waals surface area (Å²) in [6.45, 7) is 9.50. The first-order valence-corrected chi connectivity index (χ1v) is 8.66. The molecule has 2 unspecified atom stereocenters. The van der Waals surface area contributed by atoms with Gasteiger partial charge in [-0.15, -0.1) is 0 Å². The molecule has 5 nitrogen and oxygen atoms in total. The summed E-state index contributed by atoms with van der Waals surface area (Å²) in [5.41, 5.74) is 1.55. The molecule has 2 aromatic rings. The molecule has 0 radical (unpaired) electrons. The van der Waals surface area contributed by atoms with E-state index in [9.17, 15) is 9.90 Å². The summed E-state index contributed by atoms with van der Waals surface area (Å²) in [4.78, 5) is 17.7. The van der Waals surface area contributed by atoms with Crippen LogP contribution in [0.25, 0.3) is 4.85 Å². The van der Waals surface area contributed by atoms with Gasteiger partial charge in [0.15, 0.2) is 5.69 Å². The third-order valence-corrected chi connectivity index (χ3v) is 4.75. The van der Waals surface area contributed by atoms with Crippen LogP contribution in [-0.4, -0.2) is 28.2 Å². The van der Waals surface area contributed by atoms with Crippen LogP contribution >= 0.6 is 0 Å². The van der Waals surface area contributed by atoms with Crippen LogP contribution in [0.1, 0.15) is 36.9 Å². The van der Waals surface area contributed by atoms with Gasteiger partial charge in [-0.25, -0.2) is 9.64 Å². The van der Waals surface area contributed by atoms with Crippen molar-refractivity contribution in [1.82, 2.24) is 4.90 Å². The van der Waals surface area contributed by atoms with Crippen molar-refractivity contribution in [3.8, 4) is 0 Å². The molecule has 2 aromatic carbocycles. The molecule has 5 heteroatoms. The molecule has 0 saturated carbocycles. The Labute approximate surface area is 153 Å². The summed E-state index contributed by atoms with van der Waals surface area (Å²) < 4.78 is 5.49. The Morgan fingerprint density at radius 2 is 1.96 bits per heavy atom. The summed E-state index contributed by atoms with van der Waals surface area (Å²) in [7, 11) is 0. The molecular formula is C21H22N2O3. The third-order valence-electron chi connectivity index (χ3n) is 4.75. The Morgan fingerprint density at radius 3 is 2.62 bits per heavy atom. The molecule has 0 aliphatic carbocycles. The minimum absolute atomic E-state index is 0.218. The molecule has 1 heterocycles. The maximum Gasteiger partial charge on any atom is 0.410 e. The van der Waals surface area contributed by atoms with E-state index in [-0.39, 0.29) is 18.7 Å². The average Bonchev–Trinajstić information content (AvgIpc) is 2.66. The van der Waals surface area contributed by atoms with Gasteiger partial charge in [0.25, 0.3) is 0 Å². The minimum Gasteiger partial charge on any atom is -0.445 e. The summed E-state index contributed by atoms with van der Waals surface area (Å²) >= 11 is 0. The van der Waals surface area contributed by atoms with Gasteiger partial charge in [-0.05, 0) is 24.5 Å².